The smallest absolute Gasteiger partial charge is 0.330 e. The molecule has 61 heavy (non-hydrogen) atoms. The van der Waals surface area contributed by atoms with Crippen LogP contribution in [0.4, 0.5) is 0 Å². The Kier molecular flexibility index (Phi) is 21.2. The number of ether oxygens (including phenoxy) is 4. The highest BCUT2D eigenvalue weighted by atomic mass is 16.8. The number of aliphatic hydroxyl groups is 8. The number of aromatic nitrogens is 2. The number of hydrogen-bond donors (Lipinski definition) is 11. The lowest BCUT2D eigenvalue weighted by Crippen LogP contribution is -2.69. The van der Waals surface area contributed by atoms with E-state index in [1.807, 2.05) is 4.98 Å². The molecule has 0 radical (unpaired) electrons. The average molecular weight is 875 g/mol. The first-order valence-electron chi connectivity index (χ1n) is 22.1. The lowest BCUT2D eigenvalue weighted by molar-refractivity contribution is -0.347. The summed E-state index contributed by atoms with van der Waals surface area (Å²) < 4.78 is 24.6. The van der Waals surface area contributed by atoms with Gasteiger partial charge in [0.15, 0.2) is 18.8 Å². The highest BCUT2D eigenvalue weighted by Gasteiger charge is 2.53. The number of unbranched alkanes of at least 4 members (excludes halogenated alkanes) is 12. The minimum atomic E-state index is -1.82. The lowest BCUT2D eigenvalue weighted by Gasteiger charge is -2.47. The Morgan fingerprint density at radius 1 is 0.689 bits per heavy atom. The predicted molar refractivity (Wildman–Crippen MR) is 216 cm³/mol. The molecule has 3 fully saturated rings. The molecule has 20 nitrogen and oxygen atoms in total. The van der Waals surface area contributed by atoms with Gasteiger partial charge in [-0.25, -0.2) is 4.79 Å². The molecule has 3 aliphatic rings. The van der Waals surface area contributed by atoms with Crippen molar-refractivity contribution in [3.63, 3.8) is 0 Å². The summed E-state index contributed by atoms with van der Waals surface area (Å²) in [5, 5.41) is 93.0. The van der Waals surface area contributed by atoms with E-state index in [-0.39, 0.29) is 12.8 Å². The van der Waals surface area contributed by atoms with Crippen LogP contribution in [0.25, 0.3) is 0 Å². The van der Waals surface area contributed by atoms with E-state index in [1.54, 1.807) is 0 Å². The average Bonchev–Trinajstić information content (AvgIpc) is 3.52. The SMILES string of the molecule is CCCCCCCCCC(=O)NC1C(O[C@@H]2OC(C[C@@H](O)[C@H]3O[C@@H](n4ccc(=O)[nH]c4=O)[C@H](O)[C@@H]3O)C(O)C(O)[C@H]2NC(=O)CCCCCCCCC)O[C@@H](CO)[C@@H](O)C1O. The highest BCUT2D eigenvalue weighted by Crippen LogP contribution is 2.34. The molecule has 0 aliphatic carbocycles. The minimum Gasteiger partial charge on any atom is -0.394 e. The zero-order valence-electron chi connectivity index (χ0n) is 35.3. The number of amides is 2. The van der Waals surface area contributed by atoms with Gasteiger partial charge in [-0.1, -0.05) is 90.9 Å². The maximum Gasteiger partial charge on any atom is 0.330 e. The maximum absolute atomic E-state index is 13.3. The van der Waals surface area contributed by atoms with Gasteiger partial charge >= 0.3 is 5.69 Å². The number of H-pyrrole nitrogens is 1. The summed E-state index contributed by atoms with van der Waals surface area (Å²) in [5.41, 5.74) is -1.67. The fourth-order valence-corrected chi connectivity index (χ4v) is 8.11. The van der Waals surface area contributed by atoms with Gasteiger partial charge in [-0.2, -0.15) is 0 Å². The second kappa shape index (κ2) is 25.4. The van der Waals surface area contributed by atoms with E-state index in [0.29, 0.717) is 12.8 Å². The van der Waals surface area contributed by atoms with Gasteiger partial charge in [-0.15, -0.1) is 0 Å². The molecule has 0 aromatic carbocycles. The molecular weight excluding hydrogens is 804 g/mol. The number of hydrogen-bond acceptors (Lipinski definition) is 16. The van der Waals surface area contributed by atoms with Crippen molar-refractivity contribution in [2.24, 2.45) is 0 Å². The largest absolute Gasteiger partial charge is 0.394 e. The van der Waals surface area contributed by atoms with Crippen LogP contribution in [0.3, 0.4) is 0 Å². The second-order valence-electron chi connectivity index (χ2n) is 16.6. The Labute approximate surface area is 355 Å². The van der Waals surface area contributed by atoms with Crippen LogP contribution in [0.2, 0.25) is 0 Å². The number of nitrogens with one attached hydrogen (secondary N) is 3. The molecule has 6 unspecified atom stereocenters. The molecule has 11 N–H and O–H groups in total. The quantitative estimate of drug-likeness (QED) is 0.0529. The van der Waals surface area contributed by atoms with Crippen molar-refractivity contribution in [2.75, 3.05) is 6.61 Å². The topological polar surface area (TPSA) is 312 Å². The molecule has 350 valence electrons. The third-order valence-corrected chi connectivity index (χ3v) is 11.8. The molecular formula is C41H70N4O16. The summed E-state index contributed by atoms with van der Waals surface area (Å²) in [5.74, 6) is -0.988. The summed E-state index contributed by atoms with van der Waals surface area (Å²) in [6, 6.07) is -1.93. The molecule has 0 saturated carbocycles. The molecule has 4 rings (SSSR count). The number of carbonyl (C=O) groups excluding carboxylic acids is 2. The molecule has 3 aliphatic heterocycles. The van der Waals surface area contributed by atoms with Crippen molar-refractivity contribution in [1.29, 1.82) is 0 Å². The van der Waals surface area contributed by atoms with Gasteiger partial charge in [0.1, 0.15) is 60.9 Å². The van der Waals surface area contributed by atoms with Crippen molar-refractivity contribution >= 4 is 11.8 Å². The van der Waals surface area contributed by atoms with Crippen LogP contribution >= 0.6 is 0 Å². The Morgan fingerprint density at radius 3 is 1.66 bits per heavy atom. The van der Waals surface area contributed by atoms with Crippen LogP contribution < -0.4 is 21.9 Å². The molecule has 1 aromatic heterocycles. The summed E-state index contributed by atoms with van der Waals surface area (Å²) in [6.45, 7) is 3.48. The van der Waals surface area contributed by atoms with Gasteiger partial charge in [0.05, 0.1) is 18.8 Å². The van der Waals surface area contributed by atoms with Crippen LogP contribution in [0.1, 0.15) is 129 Å². The zero-order valence-corrected chi connectivity index (χ0v) is 35.3. The van der Waals surface area contributed by atoms with Gasteiger partial charge < -0.3 is 70.4 Å². The van der Waals surface area contributed by atoms with E-state index in [1.165, 1.54) is 0 Å². The fraction of sp³-hybridized carbons (Fsp3) is 0.854. The Morgan fingerprint density at radius 2 is 1.16 bits per heavy atom. The van der Waals surface area contributed by atoms with Crippen LogP contribution in [0.15, 0.2) is 21.9 Å². The van der Waals surface area contributed by atoms with Crippen molar-refractivity contribution in [2.45, 2.75) is 215 Å². The number of aliphatic hydroxyl groups excluding tert-OH is 8. The Hall–Kier alpha value is -2.86. The zero-order chi connectivity index (χ0) is 44.6. The van der Waals surface area contributed by atoms with Crippen LogP contribution in [0.5, 0.6) is 0 Å². The molecule has 15 atom stereocenters. The molecule has 2 amide bonds. The highest BCUT2D eigenvalue weighted by molar-refractivity contribution is 5.76. The summed E-state index contributed by atoms with van der Waals surface area (Å²) in [7, 11) is 0. The fourth-order valence-electron chi connectivity index (χ4n) is 8.11. The first kappa shape index (κ1) is 50.8. The minimum absolute atomic E-state index is 0.0649. The van der Waals surface area contributed by atoms with Crippen molar-refractivity contribution in [1.82, 2.24) is 20.2 Å². The van der Waals surface area contributed by atoms with Gasteiger partial charge in [0.2, 0.25) is 11.8 Å². The predicted octanol–water partition coefficient (Wildman–Crippen LogP) is -0.940. The summed E-state index contributed by atoms with van der Waals surface area (Å²) >= 11 is 0. The number of aromatic amines is 1. The molecule has 0 spiro atoms. The van der Waals surface area contributed by atoms with Gasteiger partial charge in [-0.3, -0.25) is 23.9 Å². The van der Waals surface area contributed by atoms with E-state index in [4.69, 9.17) is 18.9 Å². The van der Waals surface area contributed by atoms with E-state index < -0.39 is 128 Å². The molecule has 1 aromatic rings. The third kappa shape index (κ3) is 14.3. The maximum atomic E-state index is 13.3. The van der Waals surface area contributed by atoms with E-state index in [0.717, 1.165) is 93.9 Å². The first-order valence-corrected chi connectivity index (χ1v) is 22.1. The van der Waals surface area contributed by atoms with Crippen molar-refractivity contribution in [3.05, 3.63) is 33.1 Å². The Balaban J connectivity index is 1.52. The van der Waals surface area contributed by atoms with E-state index in [9.17, 15) is 60.0 Å². The second-order valence-corrected chi connectivity index (χ2v) is 16.6. The van der Waals surface area contributed by atoms with Crippen LogP contribution in [0, 0.1) is 0 Å². The molecule has 20 heteroatoms. The standard InChI is InChI=1S/C41H70N4O16/c1-3-5-7-9-11-13-15-17-26(48)42-29-33(53)31(51)24(21-23(47)37-35(55)36(56)38(60-37)45-20-19-28(50)44-41(45)57)58-39(29)61-40-30(34(54)32(52)25(22-46)59-40)43-27(49)18-16-14-12-10-8-6-4-2/h19-20,23-25,29-40,46-47,51-56H,3-18,21-22H2,1-2H3,(H,42,48)(H,43,49)(H,44,50,57)/t23-,24?,25+,29-,30?,31?,32-,33?,34?,35+,36-,37-,38-,39+,40?/m1/s1. The molecule has 4 heterocycles. The van der Waals surface area contributed by atoms with Gasteiger partial charge in [0.25, 0.3) is 5.56 Å². The number of carbonyl (C=O) groups is 2. The van der Waals surface area contributed by atoms with Crippen molar-refractivity contribution < 1.29 is 69.4 Å². The van der Waals surface area contributed by atoms with E-state index in [2.05, 4.69) is 24.5 Å². The third-order valence-electron chi connectivity index (χ3n) is 11.8. The Bertz CT molecular complexity index is 1580. The normalized spacial score (nSPS) is 33.3. The molecule has 3 saturated heterocycles. The van der Waals surface area contributed by atoms with Crippen LogP contribution in [-0.4, -0.2) is 155 Å². The monoisotopic (exact) mass is 874 g/mol. The summed E-state index contributed by atoms with van der Waals surface area (Å²) in [6.07, 6.45) is -7.74. The number of nitrogens with zero attached hydrogens (tertiary/aromatic N) is 1. The van der Waals surface area contributed by atoms with Gasteiger partial charge in [0, 0.05) is 31.5 Å². The lowest BCUT2D eigenvalue weighted by atomic mass is 9.91. The number of rotatable bonds is 25. The van der Waals surface area contributed by atoms with E-state index >= 15 is 0 Å². The summed E-state index contributed by atoms with van der Waals surface area (Å²) in [4.78, 5) is 52.4. The van der Waals surface area contributed by atoms with Gasteiger partial charge in [-0.05, 0) is 12.8 Å². The molecule has 0 bridgehead atoms. The van der Waals surface area contributed by atoms with Crippen molar-refractivity contribution in [3.8, 4) is 0 Å². The first-order chi connectivity index (χ1) is 29.2. The van der Waals surface area contributed by atoms with Crippen LogP contribution in [-0.2, 0) is 28.5 Å².